The zero-order valence-corrected chi connectivity index (χ0v) is 21.5. The molecule has 2 atom stereocenters. The molecule has 4 heterocycles. The topological polar surface area (TPSA) is 129 Å². The second-order valence-electron chi connectivity index (χ2n) is 8.62. The molecule has 0 amide bonds. The van der Waals surface area contributed by atoms with Crippen molar-refractivity contribution in [3.05, 3.63) is 88.0 Å². The lowest BCUT2D eigenvalue weighted by Gasteiger charge is -2.15. The highest BCUT2D eigenvalue weighted by Gasteiger charge is 2.34. The van der Waals surface area contributed by atoms with Crippen LogP contribution in [0.25, 0.3) is 22.5 Å². The van der Waals surface area contributed by atoms with Gasteiger partial charge in [0.15, 0.2) is 5.82 Å². The fraction of sp³-hybridized carbons (Fsp3) is 0.240. The Morgan fingerprint density at radius 1 is 1.39 bits per heavy atom. The summed E-state index contributed by atoms with van der Waals surface area (Å²) in [6.07, 6.45) is 6.96. The molecular formula is C25H23ClFN9O2. The summed E-state index contributed by atoms with van der Waals surface area (Å²) in [5.74, 6) is 0.700. The number of nitrogens with zero attached hydrogens (tertiary/aromatic N) is 8. The molecule has 0 radical (unpaired) electrons. The Labute approximate surface area is 221 Å². The molecule has 0 aliphatic carbocycles. The molecule has 1 N–H and O–H groups in total. The van der Waals surface area contributed by atoms with Gasteiger partial charge in [0.1, 0.15) is 18.0 Å². The van der Waals surface area contributed by atoms with Gasteiger partial charge in [0.2, 0.25) is 5.90 Å². The number of nitrogens with one attached hydrogen (secondary N) is 1. The van der Waals surface area contributed by atoms with Crippen molar-refractivity contribution in [2.75, 3.05) is 14.2 Å². The van der Waals surface area contributed by atoms with Crippen molar-refractivity contribution in [3.8, 4) is 16.9 Å². The summed E-state index contributed by atoms with van der Waals surface area (Å²) < 4.78 is 23.4. The zero-order chi connectivity index (χ0) is 27.0. The first kappa shape index (κ1) is 25.2. The first-order valence-electron chi connectivity index (χ1n) is 11.6. The molecule has 0 spiro atoms. The summed E-state index contributed by atoms with van der Waals surface area (Å²) in [4.78, 5) is 30.1. The van der Waals surface area contributed by atoms with Gasteiger partial charge in [-0.25, -0.2) is 14.4 Å². The summed E-state index contributed by atoms with van der Waals surface area (Å²) in [7, 11) is 3.16. The summed E-state index contributed by atoms with van der Waals surface area (Å²) in [6.45, 7) is 5.82. The van der Waals surface area contributed by atoms with E-state index < -0.39 is 11.9 Å². The lowest BCUT2D eigenvalue weighted by Crippen LogP contribution is -2.25. The van der Waals surface area contributed by atoms with Crippen LogP contribution in [-0.4, -0.2) is 59.8 Å². The molecule has 1 aliphatic rings. The molecule has 1 aromatic carbocycles. The van der Waals surface area contributed by atoms with Crippen LogP contribution in [0.5, 0.6) is 0 Å². The van der Waals surface area contributed by atoms with Crippen molar-refractivity contribution in [3.63, 3.8) is 0 Å². The number of aliphatic imine (C=N–C) groups is 1. The van der Waals surface area contributed by atoms with Crippen molar-refractivity contribution in [1.29, 1.82) is 0 Å². The standard InChI is InChI=1S/C25H23ClFN9O2/c1-5-14(9-20(28-3)38-4)17-11-29-24(31-17)19-8-13(2)25-32-16(10-21(37)36(19)25)22-18(35-12-30-33-34-35)7-6-15(26)23(22)27/h5-7,9-13,19H,1,8H2,2-4H3,(H,29,31)/b14-9+,28-20?/t13-,19+/m0/s1. The van der Waals surface area contributed by atoms with Gasteiger partial charge in [0.25, 0.3) is 5.56 Å². The third-order valence-corrected chi connectivity index (χ3v) is 6.68. The fourth-order valence-corrected chi connectivity index (χ4v) is 4.73. The minimum absolute atomic E-state index is 0.0357. The quantitative estimate of drug-likeness (QED) is 0.226. The van der Waals surface area contributed by atoms with Gasteiger partial charge in [-0.05, 0) is 29.0 Å². The van der Waals surface area contributed by atoms with E-state index in [1.54, 1.807) is 36.0 Å². The van der Waals surface area contributed by atoms with Gasteiger partial charge in [-0.2, -0.15) is 4.68 Å². The number of ether oxygens (including phenoxy) is 1. The van der Waals surface area contributed by atoms with Crippen LogP contribution in [0.15, 0.2) is 59.2 Å². The zero-order valence-electron chi connectivity index (χ0n) is 20.8. The maximum atomic E-state index is 15.3. The molecule has 4 aromatic rings. The van der Waals surface area contributed by atoms with E-state index in [9.17, 15) is 4.79 Å². The van der Waals surface area contributed by atoms with Crippen molar-refractivity contribution in [1.82, 2.24) is 39.7 Å². The van der Waals surface area contributed by atoms with E-state index in [-0.39, 0.29) is 27.8 Å². The normalized spacial score (nSPS) is 17.5. The van der Waals surface area contributed by atoms with Crippen LogP contribution < -0.4 is 5.56 Å². The number of benzene rings is 1. The van der Waals surface area contributed by atoms with Crippen molar-refractivity contribution < 1.29 is 9.13 Å². The fourth-order valence-electron chi connectivity index (χ4n) is 4.57. The second kappa shape index (κ2) is 10.1. The van der Waals surface area contributed by atoms with Crippen molar-refractivity contribution in [2.45, 2.75) is 25.3 Å². The Hall–Kier alpha value is -4.45. The van der Waals surface area contributed by atoms with Crippen LogP contribution in [0.3, 0.4) is 0 Å². The number of halogens is 2. The number of H-pyrrole nitrogens is 1. The smallest absolute Gasteiger partial charge is 0.254 e. The predicted molar refractivity (Wildman–Crippen MR) is 140 cm³/mol. The molecule has 13 heteroatoms. The van der Waals surface area contributed by atoms with E-state index in [1.807, 2.05) is 6.92 Å². The third kappa shape index (κ3) is 4.32. The Balaban J connectivity index is 1.58. The number of aromatic amines is 1. The highest BCUT2D eigenvalue weighted by atomic mass is 35.5. The number of hydrogen-bond donors (Lipinski definition) is 1. The first-order valence-corrected chi connectivity index (χ1v) is 12.0. The summed E-state index contributed by atoms with van der Waals surface area (Å²) >= 11 is 6.09. The molecule has 3 aromatic heterocycles. The maximum absolute atomic E-state index is 15.3. The van der Waals surface area contributed by atoms with Crippen LogP contribution in [0.4, 0.5) is 4.39 Å². The van der Waals surface area contributed by atoms with E-state index >= 15 is 4.39 Å². The molecule has 0 unspecified atom stereocenters. The van der Waals surface area contributed by atoms with Gasteiger partial charge >= 0.3 is 0 Å². The lowest BCUT2D eigenvalue weighted by atomic mass is 10.1. The molecule has 1 aliphatic heterocycles. The summed E-state index contributed by atoms with van der Waals surface area (Å²) in [5, 5.41) is 11.0. The number of rotatable bonds is 6. The van der Waals surface area contributed by atoms with Crippen molar-refractivity contribution >= 4 is 23.1 Å². The van der Waals surface area contributed by atoms with Crippen LogP contribution in [0.1, 0.15) is 42.6 Å². The molecule has 194 valence electrons. The van der Waals surface area contributed by atoms with Gasteiger partial charge in [0.05, 0.1) is 47.0 Å². The van der Waals surface area contributed by atoms with E-state index in [4.69, 9.17) is 21.3 Å². The highest BCUT2D eigenvalue weighted by molar-refractivity contribution is 6.31. The van der Waals surface area contributed by atoms with Gasteiger partial charge in [0, 0.05) is 30.7 Å². The number of tetrazole rings is 1. The van der Waals surface area contributed by atoms with Crippen LogP contribution in [0.2, 0.25) is 5.02 Å². The summed E-state index contributed by atoms with van der Waals surface area (Å²) in [6, 6.07) is 3.87. The number of imidazole rings is 1. The Morgan fingerprint density at radius 3 is 2.89 bits per heavy atom. The number of aromatic nitrogens is 8. The van der Waals surface area contributed by atoms with E-state index in [0.29, 0.717) is 35.3 Å². The lowest BCUT2D eigenvalue weighted by molar-refractivity contribution is 0.406. The Kier molecular flexibility index (Phi) is 6.72. The number of allylic oxidation sites excluding steroid dienone is 2. The average Bonchev–Trinajstić information content (AvgIpc) is 3.67. The second-order valence-corrected chi connectivity index (χ2v) is 9.03. The minimum Gasteiger partial charge on any atom is -0.481 e. The molecule has 0 saturated carbocycles. The molecule has 0 fully saturated rings. The van der Waals surface area contributed by atoms with Gasteiger partial charge in [-0.3, -0.25) is 14.4 Å². The third-order valence-electron chi connectivity index (χ3n) is 6.38. The molecular weight excluding hydrogens is 513 g/mol. The van der Waals surface area contributed by atoms with Crippen molar-refractivity contribution in [2.24, 2.45) is 4.99 Å². The number of hydrogen-bond acceptors (Lipinski definition) is 8. The van der Waals surface area contributed by atoms with E-state index in [0.717, 1.165) is 5.57 Å². The van der Waals surface area contributed by atoms with Gasteiger partial charge < -0.3 is 9.72 Å². The molecule has 38 heavy (non-hydrogen) atoms. The van der Waals surface area contributed by atoms with Crippen LogP contribution in [0, 0.1) is 5.82 Å². The highest BCUT2D eigenvalue weighted by Crippen LogP contribution is 2.39. The largest absolute Gasteiger partial charge is 0.481 e. The van der Waals surface area contributed by atoms with Crippen LogP contribution >= 0.6 is 11.6 Å². The molecule has 5 rings (SSSR count). The molecule has 0 bridgehead atoms. The van der Waals surface area contributed by atoms with Crippen LogP contribution in [-0.2, 0) is 4.74 Å². The Morgan fingerprint density at radius 2 is 2.21 bits per heavy atom. The number of fused-ring (bicyclic) bond motifs is 1. The average molecular weight is 536 g/mol. The maximum Gasteiger partial charge on any atom is 0.254 e. The van der Waals surface area contributed by atoms with Gasteiger partial charge in [-0.1, -0.05) is 31.2 Å². The predicted octanol–water partition coefficient (Wildman–Crippen LogP) is 3.74. The van der Waals surface area contributed by atoms with Gasteiger partial charge in [-0.15, -0.1) is 5.10 Å². The number of methoxy groups -OCH3 is 1. The molecule has 0 saturated heterocycles. The molecule has 11 nitrogen and oxygen atoms in total. The minimum atomic E-state index is -0.718. The van der Waals surface area contributed by atoms with E-state index in [1.165, 1.54) is 30.3 Å². The summed E-state index contributed by atoms with van der Waals surface area (Å²) in [5.41, 5.74) is 1.56. The SMILES string of the molecule is C=C/C(=C\C(=NC)OC)c1cnc([C@H]2C[C@H](C)c3nc(-c4c(-n5cnnn5)ccc(Cl)c4F)cc(=O)n32)[nH]1. The monoisotopic (exact) mass is 535 g/mol. The first-order chi connectivity index (χ1) is 18.4. The van der Waals surface area contributed by atoms with E-state index in [2.05, 4.69) is 37.1 Å². The Bertz CT molecular complexity index is 1640.